The van der Waals surface area contributed by atoms with E-state index in [2.05, 4.69) is 107 Å². The summed E-state index contributed by atoms with van der Waals surface area (Å²) in [5.74, 6) is 0.299. The lowest BCUT2D eigenvalue weighted by Gasteiger charge is -2.24. The third-order valence-electron chi connectivity index (χ3n) is 4.94. The molecule has 4 rings (SSSR count). The van der Waals surface area contributed by atoms with Crippen molar-refractivity contribution in [3.8, 4) is 0 Å². The van der Waals surface area contributed by atoms with Crippen molar-refractivity contribution in [3.63, 3.8) is 0 Å². The summed E-state index contributed by atoms with van der Waals surface area (Å²) < 4.78 is 1.03. The van der Waals surface area contributed by atoms with E-state index in [1.165, 1.54) is 33.5 Å². The molecule has 1 heterocycles. The summed E-state index contributed by atoms with van der Waals surface area (Å²) in [5.41, 5.74) is 8.46. The molecule has 0 radical (unpaired) electrons. The summed E-state index contributed by atoms with van der Waals surface area (Å²) in [4.78, 5) is 2.38. The number of anilines is 1. The normalized spacial score (nSPS) is 16.2. The predicted octanol–water partition coefficient (Wildman–Crippen LogP) is 5.75. The van der Waals surface area contributed by atoms with E-state index in [1.807, 2.05) is 0 Å². The SMILES string of the molecule is CN1Cc2ccccc2C(c2ccccc2CI)c2ccccc21. The lowest BCUT2D eigenvalue weighted by Crippen LogP contribution is -2.16. The molecule has 24 heavy (non-hydrogen) atoms. The molecule has 0 N–H and O–H groups in total. The summed E-state index contributed by atoms with van der Waals surface area (Å²) in [6, 6.07) is 26.7. The van der Waals surface area contributed by atoms with E-state index in [0.29, 0.717) is 5.92 Å². The third kappa shape index (κ3) is 2.63. The monoisotopic (exact) mass is 425 g/mol. The number of hydrogen-bond donors (Lipinski definition) is 0. The van der Waals surface area contributed by atoms with Crippen molar-refractivity contribution in [3.05, 3.63) is 101 Å². The van der Waals surface area contributed by atoms with Crippen LogP contribution in [0, 0.1) is 0 Å². The van der Waals surface area contributed by atoms with Crippen LogP contribution in [-0.4, -0.2) is 7.05 Å². The Morgan fingerprint density at radius 3 is 2.25 bits per heavy atom. The van der Waals surface area contributed by atoms with Crippen LogP contribution < -0.4 is 4.90 Å². The van der Waals surface area contributed by atoms with Crippen molar-refractivity contribution in [2.45, 2.75) is 16.9 Å². The molecule has 0 saturated carbocycles. The first-order valence-electron chi connectivity index (χ1n) is 8.31. The van der Waals surface area contributed by atoms with E-state index in [0.717, 1.165) is 11.0 Å². The van der Waals surface area contributed by atoms with E-state index in [9.17, 15) is 0 Å². The molecular formula is C22H20IN. The number of benzene rings is 3. The van der Waals surface area contributed by atoms with Crippen LogP contribution in [-0.2, 0) is 11.0 Å². The molecular weight excluding hydrogens is 405 g/mol. The van der Waals surface area contributed by atoms with Crippen molar-refractivity contribution in [2.75, 3.05) is 11.9 Å². The van der Waals surface area contributed by atoms with Crippen LogP contribution >= 0.6 is 22.6 Å². The van der Waals surface area contributed by atoms with Gasteiger partial charge in [0.2, 0.25) is 0 Å². The number of nitrogens with zero attached hydrogens (tertiary/aromatic N) is 1. The number of para-hydroxylation sites is 1. The Hall–Kier alpha value is -1.81. The smallest absolute Gasteiger partial charge is 0.0429 e. The highest BCUT2D eigenvalue weighted by atomic mass is 127. The van der Waals surface area contributed by atoms with Gasteiger partial charge >= 0.3 is 0 Å². The maximum atomic E-state index is 2.48. The topological polar surface area (TPSA) is 3.24 Å². The minimum Gasteiger partial charge on any atom is -0.370 e. The summed E-state index contributed by atoms with van der Waals surface area (Å²) in [7, 11) is 2.20. The van der Waals surface area contributed by atoms with Crippen molar-refractivity contribution in [1.29, 1.82) is 0 Å². The molecule has 0 bridgehead atoms. The number of fused-ring (bicyclic) bond motifs is 2. The first-order valence-corrected chi connectivity index (χ1v) is 9.84. The third-order valence-corrected chi connectivity index (χ3v) is 5.76. The fraction of sp³-hybridized carbons (Fsp3) is 0.182. The van der Waals surface area contributed by atoms with Crippen molar-refractivity contribution >= 4 is 28.3 Å². The highest BCUT2D eigenvalue weighted by molar-refractivity contribution is 14.1. The summed E-state index contributed by atoms with van der Waals surface area (Å²) in [6.45, 7) is 0.954. The zero-order valence-corrected chi connectivity index (χ0v) is 15.9. The Bertz CT molecular complexity index is 860. The number of halogens is 1. The van der Waals surface area contributed by atoms with Crippen LogP contribution in [0.1, 0.15) is 33.7 Å². The summed E-state index contributed by atoms with van der Waals surface area (Å²) >= 11 is 2.48. The quantitative estimate of drug-likeness (QED) is 0.373. The van der Waals surface area contributed by atoms with Gasteiger partial charge < -0.3 is 4.90 Å². The van der Waals surface area contributed by atoms with Crippen LogP contribution in [0.15, 0.2) is 72.8 Å². The largest absolute Gasteiger partial charge is 0.370 e. The van der Waals surface area contributed by atoms with Crippen LogP contribution in [0.3, 0.4) is 0 Å². The van der Waals surface area contributed by atoms with Gasteiger partial charge in [-0.1, -0.05) is 89.3 Å². The van der Waals surface area contributed by atoms with Gasteiger partial charge in [-0.15, -0.1) is 0 Å². The van der Waals surface area contributed by atoms with Gasteiger partial charge in [0.05, 0.1) is 0 Å². The molecule has 0 saturated heterocycles. The van der Waals surface area contributed by atoms with E-state index in [1.54, 1.807) is 0 Å². The minimum atomic E-state index is 0.299. The zero-order valence-electron chi connectivity index (χ0n) is 13.7. The molecule has 0 aliphatic carbocycles. The molecule has 1 atom stereocenters. The van der Waals surface area contributed by atoms with Gasteiger partial charge in [0.25, 0.3) is 0 Å². The number of rotatable bonds is 2. The molecule has 1 nitrogen and oxygen atoms in total. The van der Waals surface area contributed by atoms with E-state index < -0.39 is 0 Å². The maximum Gasteiger partial charge on any atom is 0.0429 e. The van der Waals surface area contributed by atoms with E-state index in [-0.39, 0.29) is 0 Å². The fourth-order valence-corrected chi connectivity index (χ4v) is 4.51. The molecule has 2 heteroatoms. The van der Waals surface area contributed by atoms with Gasteiger partial charge in [-0.2, -0.15) is 0 Å². The zero-order chi connectivity index (χ0) is 16.5. The average molecular weight is 425 g/mol. The van der Waals surface area contributed by atoms with Gasteiger partial charge in [-0.25, -0.2) is 0 Å². The Morgan fingerprint density at radius 2 is 1.46 bits per heavy atom. The minimum absolute atomic E-state index is 0.299. The van der Waals surface area contributed by atoms with E-state index in [4.69, 9.17) is 0 Å². The molecule has 0 amide bonds. The van der Waals surface area contributed by atoms with Gasteiger partial charge in [0, 0.05) is 29.6 Å². The molecule has 1 aliphatic heterocycles. The molecule has 3 aromatic rings. The molecule has 1 unspecified atom stereocenters. The second-order valence-corrected chi connectivity index (χ2v) is 7.14. The summed E-state index contributed by atoms with van der Waals surface area (Å²) in [5, 5.41) is 0. The van der Waals surface area contributed by atoms with Crippen LogP contribution in [0.5, 0.6) is 0 Å². The van der Waals surface area contributed by atoms with Crippen molar-refractivity contribution in [1.82, 2.24) is 0 Å². The molecule has 0 aromatic heterocycles. The number of alkyl halides is 1. The summed E-state index contributed by atoms with van der Waals surface area (Å²) in [6.07, 6.45) is 0. The van der Waals surface area contributed by atoms with Gasteiger partial charge in [0.15, 0.2) is 0 Å². The lowest BCUT2D eigenvalue weighted by atomic mass is 9.81. The fourth-order valence-electron chi connectivity index (χ4n) is 3.82. The second-order valence-electron chi connectivity index (χ2n) is 6.38. The first kappa shape index (κ1) is 15.7. The molecule has 120 valence electrons. The van der Waals surface area contributed by atoms with Crippen LogP contribution in [0.25, 0.3) is 0 Å². The van der Waals surface area contributed by atoms with Crippen molar-refractivity contribution < 1.29 is 0 Å². The Labute approximate surface area is 157 Å². The lowest BCUT2D eigenvalue weighted by molar-refractivity contribution is 0.922. The predicted molar refractivity (Wildman–Crippen MR) is 110 cm³/mol. The van der Waals surface area contributed by atoms with Gasteiger partial charge in [0.1, 0.15) is 0 Å². The Morgan fingerprint density at radius 1 is 0.833 bits per heavy atom. The highest BCUT2D eigenvalue weighted by Gasteiger charge is 2.27. The molecule has 1 aliphatic rings. The maximum absolute atomic E-state index is 2.48. The van der Waals surface area contributed by atoms with E-state index >= 15 is 0 Å². The number of hydrogen-bond acceptors (Lipinski definition) is 1. The Kier molecular flexibility index (Phi) is 4.31. The second kappa shape index (κ2) is 6.60. The average Bonchev–Trinajstić information content (AvgIpc) is 2.76. The molecule has 3 aromatic carbocycles. The molecule has 0 fully saturated rings. The van der Waals surface area contributed by atoms with Crippen molar-refractivity contribution in [2.24, 2.45) is 0 Å². The standard InChI is InChI=1S/C22H20IN/c1-24-15-17-9-3-5-11-19(17)22(20-12-6-7-13-21(20)24)18-10-4-2-8-16(18)14-23/h2-13,22H,14-15H2,1H3. The van der Waals surface area contributed by atoms with Crippen LogP contribution in [0.2, 0.25) is 0 Å². The van der Waals surface area contributed by atoms with Gasteiger partial charge in [-0.3, -0.25) is 0 Å². The highest BCUT2D eigenvalue weighted by Crippen LogP contribution is 2.43. The van der Waals surface area contributed by atoms with Crippen LogP contribution in [0.4, 0.5) is 5.69 Å². The van der Waals surface area contributed by atoms with Gasteiger partial charge in [-0.05, 0) is 33.9 Å². The molecule has 0 spiro atoms. The Balaban J connectivity index is 2.03. The first-order chi connectivity index (χ1) is 11.8.